The van der Waals surface area contributed by atoms with E-state index in [1.807, 2.05) is 54.6 Å². The van der Waals surface area contributed by atoms with Gasteiger partial charge in [0.15, 0.2) is 0 Å². The highest BCUT2D eigenvalue weighted by Gasteiger charge is 2.17. The minimum atomic E-state index is -0.602. The van der Waals surface area contributed by atoms with Crippen molar-refractivity contribution in [3.63, 3.8) is 0 Å². The second kappa shape index (κ2) is 19.3. The Balaban J connectivity index is 0.000000151. The molecule has 6 aromatic carbocycles. The van der Waals surface area contributed by atoms with E-state index in [-0.39, 0.29) is 11.4 Å². The molecule has 0 radical (unpaired) electrons. The Morgan fingerprint density at radius 1 is 0.559 bits per heavy atom. The highest BCUT2D eigenvalue weighted by molar-refractivity contribution is 6.05. The van der Waals surface area contributed by atoms with E-state index in [9.17, 15) is 35.0 Å². The summed E-state index contributed by atoms with van der Waals surface area (Å²) in [7, 11) is 5.01. The number of hydrogen-bond donors (Lipinski definition) is 5. The normalized spacial score (nSPS) is 10.4. The molecule has 0 unspecified atom stereocenters. The fraction of sp³-hybridized carbons (Fsp3) is 0.0588. The Hall–Kier alpha value is -10.2. The van der Waals surface area contributed by atoms with Gasteiger partial charge >= 0.3 is 0 Å². The number of nitro benzene ring substituents is 1. The van der Waals surface area contributed by atoms with Crippen molar-refractivity contribution in [2.45, 2.75) is 0 Å². The fourth-order valence-corrected chi connectivity index (χ4v) is 7.67. The van der Waals surface area contributed by atoms with Crippen molar-refractivity contribution in [2.75, 3.05) is 14.2 Å². The van der Waals surface area contributed by atoms with Gasteiger partial charge in [0.1, 0.15) is 28.6 Å². The molecule has 9 rings (SSSR count). The van der Waals surface area contributed by atoms with Gasteiger partial charge in [-0.1, -0.05) is 24.3 Å². The van der Waals surface area contributed by atoms with Crippen molar-refractivity contribution >= 4 is 56.1 Å². The molecule has 0 atom stereocenters. The van der Waals surface area contributed by atoms with Gasteiger partial charge in [0.25, 0.3) is 23.4 Å². The molecule has 17 heteroatoms. The van der Waals surface area contributed by atoms with E-state index in [0.29, 0.717) is 50.1 Å². The number of rotatable bonds is 9. The van der Waals surface area contributed by atoms with Crippen molar-refractivity contribution in [3.8, 4) is 63.1 Å². The van der Waals surface area contributed by atoms with Crippen LogP contribution in [0.4, 0.5) is 5.69 Å². The maximum Gasteiger partial charge on any atom is 0.269 e. The average molecular weight is 903 g/mol. The van der Waals surface area contributed by atoms with E-state index < -0.39 is 22.6 Å². The number of ether oxygens (including phenoxy) is 2. The zero-order valence-corrected chi connectivity index (χ0v) is 36.5. The first-order valence-electron chi connectivity index (χ1n) is 20.3. The molecule has 0 saturated heterocycles. The second-order valence-corrected chi connectivity index (χ2v) is 15.1. The summed E-state index contributed by atoms with van der Waals surface area (Å²) in [4.78, 5) is 50.5. The Morgan fingerprint density at radius 3 is 1.31 bits per heavy atom. The van der Waals surface area contributed by atoms with Gasteiger partial charge in [0.2, 0.25) is 0 Å². The predicted octanol–water partition coefficient (Wildman–Crippen LogP) is 8.35. The number of nitro groups is 1. The maximum atomic E-state index is 11.6. The molecule has 0 aliphatic rings. The number of methoxy groups -OCH3 is 2. The number of benzene rings is 6. The van der Waals surface area contributed by atoms with Gasteiger partial charge in [0, 0.05) is 52.0 Å². The molecule has 68 heavy (non-hydrogen) atoms. The molecule has 8 N–H and O–H groups in total. The molecule has 3 aromatic heterocycles. The Labute approximate surface area is 386 Å². The number of nitrogens with zero attached hydrogens (tertiary/aromatic N) is 5. The monoisotopic (exact) mass is 902 g/mol. The maximum absolute atomic E-state index is 11.6. The second-order valence-electron chi connectivity index (χ2n) is 15.1. The van der Waals surface area contributed by atoms with Crippen LogP contribution in [0, 0.1) is 44.1 Å². The molecule has 0 aliphatic carbocycles. The van der Waals surface area contributed by atoms with Crippen LogP contribution in [-0.4, -0.2) is 51.4 Å². The highest BCUT2D eigenvalue weighted by atomic mass is 16.6. The summed E-state index contributed by atoms with van der Waals surface area (Å²) in [6.45, 7) is 0. The van der Waals surface area contributed by atoms with Gasteiger partial charge in [0.05, 0.1) is 70.6 Å². The molecule has 3 amide bonds. The van der Waals surface area contributed by atoms with Crippen LogP contribution in [0.15, 0.2) is 127 Å². The number of aromatic amines is 2. The van der Waals surface area contributed by atoms with E-state index in [2.05, 4.69) is 28.2 Å². The van der Waals surface area contributed by atoms with Crippen molar-refractivity contribution in [1.29, 1.82) is 15.8 Å². The van der Waals surface area contributed by atoms with Crippen LogP contribution in [0.1, 0.15) is 48.2 Å². The van der Waals surface area contributed by atoms with E-state index in [1.165, 1.54) is 12.1 Å². The topological polar surface area (TPSA) is 299 Å². The Bertz CT molecular complexity index is 3590. The lowest BCUT2D eigenvalue weighted by atomic mass is 10.00. The van der Waals surface area contributed by atoms with Crippen LogP contribution in [-0.2, 0) is 7.05 Å². The van der Waals surface area contributed by atoms with Crippen molar-refractivity contribution in [1.82, 2.24) is 14.5 Å². The van der Waals surface area contributed by atoms with E-state index in [4.69, 9.17) is 31.9 Å². The predicted molar refractivity (Wildman–Crippen MR) is 255 cm³/mol. The van der Waals surface area contributed by atoms with Crippen molar-refractivity contribution in [2.24, 2.45) is 24.2 Å². The molecule has 334 valence electrons. The first-order valence-corrected chi connectivity index (χ1v) is 20.3. The van der Waals surface area contributed by atoms with Gasteiger partial charge in [-0.15, -0.1) is 0 Å². The van der Waals surface area contributed by atoms with Gasteiger partial charge in [-0.2, -0.15) is 15.8 Å². The number of carbonyl (C=O) groups is 3. The summed E-state index contributed by atoms with van der Waals surface area (Å²) in [5.74, 6) is -0.125. The summed E-state index contributed by atoms with van der Waals surface area (Å²) >= 11 is 0. The zero-order chi connectivity index (χ0) is 48.8. The lowest BCUT2D eigenvalue weighted by Gasteiger charge is -2.09. The average Bonchev–Trinajstić information content (AvgIpc) is 4.09. The minimum absolute atomic E-state index is 0.0225. The number of nitrogens with one attached hydrogen (secondary N) is 2. The standard InChI is InChI=1S/C18H15N3O2.C17H13N3O2.C16H10N4O3/c1-21-16(18(20)22)9-13-7-11(10-19)8-15(17(13)21)12-3-5-14(23-2)6-4-12;1-22-13-4-2-11(3-5-13)14-7-10(9-18)6-12-8-15(17(19)21)20-16(12)14;17-8-9-5-11-7-14(16(18)21)19-15(11)13(6-9)10-1-3-12(4-2-10)20(22)23/h3-9H,1-2H3,(H2,20,22);2-8,20H,1H3,(H2,19,21);1-7,19H,(H2,18,21). The van der Waals surface area contributed by atoms with Crippen LogP contribution < -0.4 is 26.7 Å². The summed E-state index contributed by atoms with van der Waals surface area (Å²) in [5.41, 5.74) is 25.7. The SMILES string of the molecule is COc1ccc(-c2cc(C#N)cc3cc(C(N)=O)[nH]c23)cc1.COc1ccc(-c2cc(C#N)cc3cc(C(N)=O)n(C)c23)cc1.N#Cc1cc(-c2ccc([N+](=O)[O-])cc2)c2[nH]c(C(N)=O)cc2c1. The molecule has 0 spiro atoms. The quantitative estimate of drug-likeness (QED) is 0.0681. The first kappa shape index (κ1) is 45.8. The molecular weight excluding hydrogens is 865 g/mol. The third-order valence-corrected chi connectivity index (χ3v) is 10.9. The van der Waals surface area contributed by atoms with Gasteiger partial charge in [-0.25, -0.2) is 0 Å². The molecule has 0 aliphatic heterocycles. The zero-order valence-electron chi connectivity index (χ0n) is 36.5. The number of fused-ring (bicyclic) bond motifs is 3. The number of nitriles is 3. The number of amides is 3. The van der Waals surface area contributed by atoms with Gasteiger partial charge in [-0.05, 0) is 108 Å². The van der Waals surface area contributed by atoms with E-state index >= 15 is 0 Å². The number of primary amides is 3. The number of carbonyl (C=O) groups excluding carboxylic acids is 3. The molecular formula is C51H38N10O7. The lowest BCUT2D eigenvalue weighted by Crippen LogP contribution is -2.14. The molecule has 0 saturated carbocycles. The van der Waals surface area contributed by atoms with Gasteiger partial charge in [-0.3, -0.25) is 24.5 Å². The highest BCUT2D eigenvalue weighted by Crippen LogP contribution is 2.35. The summed E-state index contributed by atoms with van der Waals surface area (Å²) in [6.07, 6.45) is 0. The smallest absolute Gasteiger partial charge is 0.269 e. The number of nitrogens with two attached hydrogens (primary N) is 3. The minimum Gasteiger partial charge on any atom is -0.497 e. The molecule has 3 heterocycles. The number of aromatic nitrogens is 3. The van der Waals surface area contributed by atoms with Crippen molar-refractivity contribution < 1.29 is 28.8 Å². The third-order valence-electron chi connectivity index (χ3n) is 10.9. The van der Waals surface area contributed by atoms with Crippen LogP contribution >= 0.6 is 0 Å². The molecule has 17 nitrogen and oxygen atoms in total. The van der Waals surface area contributed by atoms with Gasteiger partial charge < -0.3 is 41.2 Å². The number of hydrogen-bond acceptors (Lipinski definition) is 10. The molecule has 0 fully saturated rings. The molecule has 9 aromatic rings. The van der Waals surface area contributed by atoms with Crippen LogP contribution in [0.25, 0.3) is 66.1 Å². The third kappa shape index (κ3) is 9.37. The van der Waals surface area contributed by atoms with Crippen LogP contribution in [0.2, 0.25) is 0 Å². The summed E-state index contributed by atoms with van der Waals surface area (Å²) < 4.78 is 12.1. The lowest BCUT2D eigenvalue weighted by molar-refractivity contribution is -0.384. The summed E-state index contributed by atoms with van der Waals surface area (Å²) in [5, 5.41) is 40.6. The van der Waals surface area contributed by atoms with Crippen molar-refractivity contribution in [3.05, 3.63) is 171 Å². The van der Waals surface area contributed by atoms with Crippen LogP contribution in [0.5, 0.6) is 11.5 Å². The number of H-pyrrole nitrogens is 2. The van der Waals surface area contributed by atoms with Crippen LogP contribution in [0.3, 0.4) is 0 Å². The fourth-order valence-electron chi connectivity index (χ4n) is 7.67. The Morgan fingerprint density at radius 2 is 0.941 bits per heavy atom. The van der Waals surface area contributed by atoms with E-state index in [1.54, 1.807) is 86.5 Å². The number of aryl methyl sites for hydroxylation is 1. The molecule has 0 bridgehead atoms. The van der Waals surface area contributed by atoms with E-state index in [0.717, 1.165) is 55.6 Å². The number of non-ortho nitro benzene ring substituents is 1. The first-order chi connectivity index (χ1) is 32.7. The summed E-state index contributed by atoms with van der Waals surface area (Å²) in [6, 6.07) is 42.7. The largest absolute Gasteiger partial charge is 0.497 e. The Kier molecular flexibility index (Phi) is 13.0.